The summed E-state index contributed by atoms with van der Waals surface area (Å²) < 4.78 is 31.9. The van der Waals surface area contributed by atoms with Gasteiger partial charge in [-0.15, -0.1) is 0 Å². The Labute approximate surface area is 132 Å². The fourth-order valence-corrected chi connectivity index (χ4v) is 1.88. The molecule has 0 radical (unpaired) electrons. The largest absolute Gasteiger partial charge is 0.385 e. The Kier molecular flexibility index (Phi) is 5.99. The molecular formula is C16H17F2N3O2. The molecule has 2 rings (SSSR count). The molecule has 0 aliphatic rings. The molecule has 0 aliphatic carbocycles. The number of para-hydroxylation sites is 1. The lowest BCUT2D eigenvalue weighted by Crippen LogP contribution is -2.16. The third kappa shape index (κ3) is 4.72. The summed E-state index contributed by atoms with van der Waals surface area (Å²) in [6, 6.07) is 6.51. The number of nitrogens with one attached hydrogen (secondary N) is 2. The number of carbonyl (C=O) groups is 1. The van der Waals surface area contributed by atoms with Gasteiger partial charge >= 0.3 is 0 Å². The first-order chi connectivity index (χ1) is 11.1. The molecule has 7 heteroatoms. The van der Waals surface area contributed by atoms with E-state index in [2.05, 4.69) is 15.6 Å². The molecule has 0 bridgehead atoms. The lowest BCUT2D eigenvalue weighted by atomic mass is 10.2. The molecule has 1 amide bonds. The number of pyridine rings is 1. The number of halogens is 2. The third-order valence-electron chi connectivity index (χ3n) is 3.05. The van der Waals surface area contributed by atoms with E-state index >= 15 is 0 Å². The molecule has 1 aromatic heterocycles. The van der Waals surface area contributed by atoms with Crippen molar-refractivity contribution in [3.05, 3.63) is 53.9 Å². The van der Waals surface area contributed by atoms with E-state index in [1.165, 1.54) is 18.3 Å². The first-order valence-electron chi connectivity index (χ1n) is 7.06. The molecule has 23 heavy (non-hydrogen) atoms. The Hall–Kier alpha value is -2.54. The minimum Gasteiger partial charge on any atom is -0.385 e. The molecule has 0 atom stereocenters. The highest BCUT2D eigenvalue weighted by molar-refractivity contribution is 6.03. The predicted molar refractivity (Wildman–Crippen MR) is 83.5 cm³/mol. The van der Waals surface area contributed by atoms with Crippen LogP contribution >= 0.6 is 0 Å². The molecule has 5 nitrogen and oxygen atoms in total. The average molecular weight is 321 g/mol. The van der Waals surface area contributed by atoms with Crippen LogP contribution in [-0.4, -0.2) is 31.2 Å². The SMILES string of the molecule is COCCCNc1ccc(C(=O)Nc2c(F)cccc2F)nc1. The van der Waals surface area contributed by atoms with Crippen molar-refractivity contribution in [1.82, 2.24) is 4.98 Å². The van der Waals surface area contributed by atoms with Crippen molar-refractivity contribution in [2.45, 2.75) is 6.42 Å². The molecular weight excluding hydrogens is 304 g/mol. The van der Waals surface area contributed by atoms with Crippen LogP contribution in [0.3, 0.4) is 0 Å². The van der Waals surface area contributed by atoms with Crippen molar-refractivity contribution < 1.29 is 18.3 Å². The molecule has 122 valence electrons. The Morgan fingerprint density at radius 2 is 1.96 bits per heavy atom. The van der Waals surface area contributed by atoms with Gasteiger partial charge in [0.1, 0.15) is 23.0 Å². The quantitative estimate of drug-likeness (QED) is 0.769. The van der Waals surface area contributed by atoms with Crippen LogP contribution in [0.2, 0.25) is 0 Å². The molecule has 0 unspecified atom stereocenters. The van der Waals surface area contributed by atoms with Crippen LogP contribution in [0.5, 0.6) is 0 Å². The summed E-state index contributed by atoms with van der Waals surface area (Å²) in [6.07, 6.45) is 2.32. The zero-order valence-corrected chi connectivity index (χ0v) is 12.6. The highest BCUT2D eigenvalue weighted by Gasteiger charge is 2.14. The Bertz CT molecular complexity index is 643. The Balaban J connectivity index is 1.97. The molecule has 1 aromatic carbocycles. The second-order valence-corrected chi connectivity index (χ2v) is 4.76. The Morgan fingerprint density at radius 3 is 2.57 bits per heavy atom. The number of carbonyl (C=O) groups excluding carboxylic acids is 1. The fourth-order valence-electron chi connectivity index (χ4n) is 1.88. The summed E-state index contributed by atoms with van der Waals surface area (Å²) in [5.41, 5.74) is 0.325. The van der Waals surface area contributed by atoms with E-state index in [1.54, 1.807) is 13.2 Å². The second kappa shape index (κ2) is 8.19. The molecule has 2 aromatic rings. The first-order valence-corrected chi connectivity index (χ1v) is 7.06. The normalized spacial score (nSPS) is 10.4. The van der Waals surface area contributed by atoms with Crippen molar-refractivity contribution >= 4 is 17.3 Å². The third-order valence-corrected chi connectivity index (χ3v) is 3.05. The number of amides is 1. The first kappa shape index (κ1) is 16.8. The van der Waals surface area contributed by atoms with Gasteiger partial charge < -0.3 is 15.4 Å². The van der Waals surface area contributed by atoms with Gasteiger partial charge in [0.25, 0.3) is 5.91 Å². The summed E-state index contributed by atoms with van der Waals surface area (Å²) in [6.45, 7) is 1.36. The van der Waals surface area contributed by atoms with Crippen LogP contribution in [0.4, 0.5) is 20.2 Å². The van der Waals surface area contributed by atoms with Gasteiger partial charge in [-0.3, -0.25) is 4.79 Å². The van der Waals surface area contributed by atoms with Gasteiger partial charge in [0.2, 0.25) is 0 Å². The highest BCUT2D eigenvalue weighted by atomic mass is 19.1. The van der Waals surface area contributed by atoms with E-state index in [1.807, 2.05) is 0 Å². The van der Waals surface area contributed by atoms with Crippen LogP contribution in [0.25, 0.3) is 0 Å². The number of ether oxygens (including phenoxy) is 1. The number of hydrogen-bond acceptors (Lipinski definition) is 4. The number of nitrogens with zero attached hydrogens (tertiary/aromatic N) is 1. The lowest BCUT2D eigenvalue weighted by molar-refractivity contribution is 0.102. The molecule has 0 saturated carbocycles. The van der Waals surface area contributed by atoms with Crippen molar-refractivity contribution in [2.24, 2.45) is 0 Å². The van der Waals surface area contributed by atoms with E-state index in [0.29, 0.717) is 13.2 Å². The molecule has 0 saturated heterocycles. The molecule has 0 fully saturated rings. The lowest BCUT2D eigenvalue weighted by Gasteiger charge is -2.08. The summed E-state index contributed by atoms with van der Waals surface area (Å²) >= 11 is 0. The number of rotatable bonds is 7. The number of benzene rings is 1. The second-order valence-electron chi connectivity index (χ2n) is 4.76. The molecule has 0 spiro atoms. The van der Waals surface area contributed by atoms with Crippen LogP contribution < -0.4 is 10.6 Å². The van der Waals surface area contributed by atoms with Gasteiger partial charge in [-0.1, -0.05) is 6.07 Å². The summed E-state index contributed by atoms with van der Waals surface area (Å²) in [5.74, 6) is -2.36. The van der Waals surface area contributed by atoms with E-state index in [4.69, 9.17) is 4.74 Å². The van der Waals surface area contributed by atoms with E-state index in [9.17, 15) is 13.6 Å². The highest BCUT2D eigenvalue weighted by Crippen LogP contribution is 2.18. The number of anilines is 2. The van der Waals surface area contributed by atoms with Crippen LogP contribution in [0.15, 0.2) is 36.5 Å². The summed E-state index contributed by atoms with van der Waals surface area (Å²) in [4.78, 5) is 16.0. The average Bonchev–Trinajstić information content (AvgIpc) is 2.55. The summed E-state index contributed by atoms with van der Waals surface area (Å²) in [5, 5.41) is 5.31. The minimum atomic E-state index is -0.838. The maximum Gasteiger partial charge on any atom is 0.274 e. The smallest absolute Gasteiger partial charge is 0.274 e. The molecule has 2 N–H and O–H groups in total. The maximum absolute atomic E-state index is 13.5. The van der Waals surface area contributed by atoms with E-state index in [0.717, 1.165) is 24.2 Å². The zero-order valence-electron chi connectivity index (χ0n) is 12.6. The maximum atomic E-state index is 13.5. The standard InChI is InChI=1S/C16H17F2N3O2/c1-23-9-3-8-19-11-6-7-14(20-10-11)16(22)21-15-12(17)4-2-5-13(15)18/h2,4-7,10,19H,3,8-9H2,1H3,(H,21,22). The number of aromatic nitrogens is 1. The van der Waals surface area contributed by atoms with Gasteiger partial charge in [0, 0.05) is 20.3 Å². The summed E-state index contributed by atoms with van der Waals surface area (Å²) in [7, 11) is 1.63. The zero-order chi connectivity index (χ0) is 16.7. The van der Waals surface area contributed by atoms with Crippen molar-refractivity contribution in [1.29, 1.82) is 0 Å². The van der Waals surface area contributed by atoms with Gasteiger partial charge in [-0.25, -0.2) is 13.8 Å². The van der Waals surface area contributed by atoms with Gasteiger partial charge in [0.15, 0.2) is 0 Å². The van der Waals surface area contributed by atoms with Gasteiger partial charge in [-0.2, -0.15) is 0 Å². The van der Waals surface area contributed by atoms with Crippen LogP contribution in [-0.2, 0) is 4.74 Å². The van der Waals surface area contributed by atoms with Gasteiger partial charge in [0.05, 0.1) is 11.9 Å². The topological polar surface area (TPSA) is 63.2 Å². The fraction of sp³-hybridized carbons (Fsp3) is 0.250. The Morgan fingerprint density at radius 1 is 1.22 bits per heavy atom. The van der Waals surface area contributed by atoms with Crippen LogP contribution in [0.1, 0.15) is 16.9 Å². The molecule has 0 aliphatic heterocycles. The van der Waals surface area contributed by atoms with Crippen molar-refractivity contribution in [3.8, 4) is 0 Å². The van der Waals surface area contributed by atoms with E-state index < -0.39 is 23.2 Å². The van der Waals surface area contributed by atoms with Crippen LogP contribution in [0, 0.1) is 11.6 Å². The monoisotopic (exact) mass is 321 g/mol. The number of hydrogen-bond donors (Lipinski definition) is 2. The number of methoxy groups -OCH3 is 1. The van der Waals surface area contributed by atoms with Crippen molar-refractivity contribution in [2.75, 3.05) is 30.9 Å². The minimum absolute atomic E-state index is 0.0649. The van der Waals surface area contributed by atoms with Crippen molar-refractivity contribution in [3.63, 3.8) is 0 Å². The molecule has 1 heterocycles. The van der Waals surface area contributed by atoms with Gasteiger partial charge in [-0.05, 0) is 30.7 Å². The predicted octanol–water partition coefficient (Wildman–Crippen LogP) is 3.06. The van der Waals surface area contributed by atoms with E-state index in [-0.39, 0.29) is 5.69 Å².